The lowest BCUT2D eigenvalue weighted by molar-refractivity contribution is -0.00625. The van der Waals surface area contributed by atoms with Gasteiger partial charge in [0.15, 0.2) is 0 Å². The molecule has 1 unspecified atom stereocenters. The zero-order valence-electron chi connectivity index (χ0n) is 12.1. The first-order chi connectivity index (χ1) is 9.74. The van der Waals surface area contributed by atoms with Crippen molar-refractivity contribution in [2.24, 2.45) is 0 Å². The van der Waals surface area contributed by atoms with Crippen LogP contribution in [0, 0.1) is 0 Å². The zero-order valence-corrected chi connectivity index (χ0v) is 12.1. The topological polar surface area (TPSA) is 68.3 Å². The van der Waals surface area contributed by atoms with Crippen LogP contribution in [0.2, 0.25) is 0 Å². The van der Waals surface area contributed by atoms with Crippen molar-refractivity contribution < 1.29 is 9.47 Å². The van der Waals surface area contributed by atoms with Crippen molar-refractivity contribution in [3.05, 3.63) is 11.9 Å². The molecule has 0 bridgehead atoms. The average Bonchev–Trinajstić information content (AvgIpc) is 3.24. The van der Waals surface area contributed by atoms with E-state index >= 15 is 0 Å². The van der Waals surface area contributed by atoms with Crippen molar-refractivity contribution in [1.82, 2.24) is 9.97 Å². The molecule has 0 aromatic carbocycles. The maximum atomic E-state index is 5.62. The molecule has 1 aliphatic heterocycles. The molecule has 1 aromatic heterocycles. The van der Waals surface area contributed by atoms with Gasteiger partial charge in [0.1, 0.15) is 23.1 Å². The number of aromatic nitrogens is 2. The molecule has 1 saturated carbocycles. The van der Waals surface area contributed by atoms with Crippen LogP contribution in [0.4, 0.5) is 11.6 Å². The number of methoxy groups -OCH3 is 1. The van der Waals surface area contributed by atoms with E-state index in [9.17, 15) is 0 Å². The summed E-state index contributed by atoms with van der Waals surface area (Å²) < 4.78 is 11.1. The van der Waals surface area contributed by atoms with Crippen LogP contribution < -0.4 is 10.6 Å². The molecule has 1 atom stereocenters. The highest BCUT2D eigenvalue weighted by atomic mass is 16.5. The van der Waals surface area contributed by atoms with Gasteiger partial charge < -0.3 is 20.1 Å². The van der Waals surface area contributed by atoms with Gasteiger partial charge in [0.2, 0.25) is 0 Å². The van der Waals surface area contributed by atoms with Gasteiger partial charge in [-0.05, 0) is 12.8 Å². The fourth-order valence-electron chi connectivity index (χ4n) is 2.42. The normalized spacial score (nSPS) is 25.7. The summed E-state index contributed by atoms with van der Waals surface area (Å²) in [5.41, 5.74) is -0.232. The fourth-order valence-corrected chi connectivity index (χ4v) is 2.42. The first kappa shape index (κ1) is 13.6. The van der Waals surface area contributed by atoms with Crippen LogP contribution in [0.15, 0.2) is 6.07 Å². The summed E-state index contributed by atoms with van der Waals surface area (Å²) in [6.45, 7) is 2.10. The lowest BCUT2D eigenvalue weighted by Gasteiger charge is -2.26. The molecule has 2 fully saturated rings. The second-order valence-electron chi connectivity index (χ2n) is 5.56. The molecule has 0 amide bonds. The molecule has 1 aliphatic carbocycles. The van der Waals surface area contributed by atoms with Crippen molar-refractivity contribution in [2.75, 3.05) is 44.5 Å². The molecule has 20 heavy (non-hydrogen) atoms. The van der Waals surface area contributed by atoms with Gasteiger partial charge in [0.25, 0.3) is 0 Å². The molecule has 2 aliphatic rings. The molecule has 6 nitrogen and oxygen atoms in total. The molecule has 2 heterocycles. The summed E-state index contributed by atoms with van der Waals surface area (Å²) >= 11 is 0. The number of nitrogens with one attached hydrogen (secondary N) is 2. The lowest BCUT2D eigenvalue weighted by Crippen LogP contribution is -2.39. The molecule has 0 radical (unpaired) electrons. The van der Waals surface area contributed by atoms with Gasteiger partial charge in [-0.1, -0.05) is 0 Å². The third-order valence-corrected chi connectivity index (χ3v) is 4.03. The Morgan fingerprint density at radius 3 is 2.80 bits per heavy atom. The van der Waals surface area contributed by atoms with E-state index < -0.39 is 0 Å². The van der Waals surface area contributed by atoms with E-state index in [2.05, 4.69) is 20.6 Å². The second kappa shape index (κ2) is 5.54. The van der Waals surface area contributed by atoms with E-state index in [1.165, 1.54) is 12.8 Å². The van der Waals surface area contributed by atoms with E-state index in [4.69, 9.17) is 9.47 Å². The largest absolute Gasteiger partial charge is 0.378 e. The lowest BCUT2D eigenvalue weighted by atomic mass is 10.0. The fraction of sp³-hybridized carbons (Fsp3) is 0.714. The summed E-state index contributed by atoms with van der Waals surface area (Å²) in [7, 11) is 3.62. The highest BCUT2D eigenvalue weighted by Crippen LogP contribution is 2.38. The Balaban J connectivity index is 1.71. The van der Waals surface area contributed by atoms with Gasteiger partial charge in [-0.25, -0.2) is 9.97 Å². The van der Waals surface area contributed by atoms with Crippen LogP contribution in [-0.2, 0) is 9.47 Å². The first-order valence-corrected chi connectivity index (χ1v) is 7.18. The second-order valence-corrected chi connectivity index (χ2v) is 5.56. The maximum Gasteiger partial charge on any atom is 0.136 e. The molecular formula is C14H22N4O2. The van der Waals surface area contributed by atoms with E-state index in [-0.39, 0.29) is 5.60 Å². The minimum Gasteiger partial charge on any atom is -0.378 e. The predicted octanol–water partition coefficient (Wildman–Crippen LogP) is 1.61. The molecule has 6 heteroatoms. The Hall–Kier alpha value is -1.40. The van der Waals surface area contributed by atoms with Crippen molar-refractivity contribution in [1.29, 1.82) is 0 Å². The summed E-state index contributed by atoms with van der Waals surface area (Å²) in [4.78, 5) is 9.12. The maximum absolute atomic E-state index is 5.62. The molecule has 1 saturated heterocycles. The van der Waals surface area contributed by atoms with Crippen LogP contribution in [0.5, 0.6) is 0 Å². The van der Waals surface area contributed by atoms with Crippen molar-refractivity contribution in [2.45, 2.75) is 30.8 Å². The number of nitrogens with zero attached hydrogens (tertiary/aromatic N) is 2. The molecule has 0 spiro atoms. The first-order valence-electron chi connectivity index (χ1n) is 7.18. The summed E-state index contributed by atoms with van der Waals surface area (Å²) in [6.07, 6.45) is 3.31. The van der Waals surface area contributed by atoms with Gasteiger partial charge >= 0.3 is 0 Å². The Morgan fingerprint density at radius 2 is 2.20 bits per heavy atom. The number of hydrogen-bond donors (Lipinski definition) is 2. The molecule has 2 N–H and O–H groups in total. The number of anilines is 2. The van der Waals surface area contributed by atoms with Gasteiger partial charge in [-0.3, -0.25) is 0 Å². The minimum atomic E-state index is -0.232. The highest BCUT2D eigenvalue weighted by molar-refractivity contribution is 5.48. The van der Waals surface area contributed by atoms with E-state index in [1.54, 1.807) is 7.11 Å². The Labute approximate surface area is 119 Å². The smallest absolute Gasteiger partial charge is 0.136 e. The summed E-state index contributed by atoms with van der Waals surface area (Å²) in [5, 5.41) is 6.47. The Bertz CT molecular complexity index is 470. The zero-order chi connectivity index (χ0) is 14.0. The van der Waals surface area contributed by atoms with Crippen molar-refractivity contribution in [3.8, 4) is 0 Å². The number of rotatable bonds is 6. The monoisotopic (exact) mass is 278 g/mol. The Kier molecular flexibility index (Phi) is 3.76. The SMILES string of the molecule is CNc1cc(NCC2(OC)CCOC2)nc(C2CC2)n1. The average molecular weight is 278 g/mol. The summed E-state index contributed by atoms with van der Waals surface area (Å²) in [6, 6.07) is 1.94. The quantitative estimate of drug-likeness (QED) is 0.824. The van der Waals surface area contributed by atoms with E-state index in [1.807, 2.05) is 13.1 Å². The van der Waals surface area contributed by atoms with Crippen molar-refractivity contribution in [3.63, 3.8) is 0 Å². The number of hydrogen-bond acceptors (Lipinski definition) is 6. The predicted molar refractivity (Wildman–Crippen MR) is 77.2 cm³/mol. The Morgan fingerprint density at radius 1 is 1.40 bits per heavy atom. The van der Waals surface area contributed by atoms with Gasteiger partial charge in [-0.2, -0.15) is 0 Å². The van der Waals surface area contributed by atoms with Crippen LogP contribution in [0.25, 0.3) is 0 Å². The third kappa shape index (κ3) is 2.86. The van der Waals surface area contributed by atoms with Gasteiger partial charge in [0, 0.05) is 45.7 Å². The van der Waals surface area contributed by atoms with E-state index in [0.717, 1.165) is 30.5 Å². The number of ether oxygens (including phenoxy) is 2. The van der Waals surface area contributed by atoms with E-state index in [0.29, 0.717) is 19.1 Å². The minimum absolute atomic E-state index is 0.232. The third-order valence-electron chi connectivity index (χ3n) is 4.03. The molecule has 3 rings (SSSR count). The summed E-state index contributed by atoms with van der Waals surface area (Å²) in [5.74, 6) is 3.19. The van der Waals surface area contributed by atoms with Crippen LogP contribution >= 0.6 is 0 Å². The van der Waals surface area contributed by atoms with Crippen LogP contribution in [0.1, 0.15) is 31.0 Å². The van der Waals surface area contributed by atoms with Gasteiger partial charge in [0.05, 0.1) is 6.61 Å². The molecule has 1 aromatic rings. The molecular weight excluding hydrogens is 256 g/mol. The molecule has 110 valence electrons. The van der Waals surface area contributed by atoms with Gasteiger partial charge in [-0.15, -0.1) is 0 Å². The van der Waals surface area contributed by atoms with Crippen LogP contribution in [0.3, 0.4) is 0 Å². The van der Waals surface area contributed by atoms with Crippen LogP contribution in [-0.4, -0.2) is 49.5 Å². The highest BCUT2D eigenvalue weighted by Gasteiger charge is 2.35. The van der Waals surface area contributed by atoms with Crippen molar-refractivity contribution >= 4 is 11.6 Å². The standard InChI is InChI=1S/C14H22N4O2/c1-15-11-7-12(18-13(17-11)10-3-4-10)16-8-14(19-2)5-6-20-9-14/h7,10H,3-6,8-9H2,1-2H3,(H2,15,16,17,18).